The van der Waals surface area contributed by atoms with Crippen molar-refractivity contribution in [3.8, 4) is 11.5 Å². The first-order valence-corrected chi connectivity index (χ1v) is 5.46. The van der Waals surface area contributed by atoms with Crippen LogP contribution >= 0.6 is 0 Å². The van der Waals surface area contributed by atoms with Gasteiger partial charge >= 0.3 is 0 Å². The van der Waals surface area contributed by atoms with Crippen LogP contribution in [-0.2, 0) is 6.42 Å². The minimum absolute atomic E-state index is 0.251. The smallest absolute Gasteiger partial charge is 0.217 e. The Morgan fingerprint density at radius 3 is 2.53 bits per heavy atom. The molecule has 5 heteroatoms. The monoisotopic (exact) mass is 239 g/mol. The van der Waals surface area contributed by atoms with Crippen molar-refractivity contribution in [1.82, 2.24) is 0 Å². The van der Waals surface area contributed by atoms with Gasteiger partial charge in [0, 0.05) is 23.3 Å². The summed E-state index contributed by atoms with van der Waals surface area (Å²) in [5, 5.41) is 10.8. The van der Waals surface area contributed by atoms with Crippen molar-refractivity contribution in [2.24, 2.45) is 0 Å². The fourth-order valence-electron chi connectivity index (χ4n) is 1.66. The van der Waals surface area contributed by atoms with Crippen molar-refractivity contribution in [1.29, 1.82) is 0 Å². The van der Waals surface area contributed by atoms with Gasteiger partial charge in [0.25, 0.3) is 0 Å². The van der Waals surface area contributed by atoms with E-state index < -0.39 is 6.04 Å². The highest BCUT2D eigenvalue weighted by Crippen LogP contribution is 2.26. The quantitative estimate of drug-likeness (QED) is 0.564. The molecule has 0 bridgehead atoms. The summed E-state index contributed by atoms with van der Waals surface area (Å²) in [6.07, 6.45) is 0.844. The normalized spacial score (nSPS) is 11.9. The molecule has 0 saturated heterocycles. The fraction of sp³-hybridized carbons (Fsp3) is 0.500. The summed E-state index contributed by atoms with van der Waals surface area (Å²) in [5.41, 5.74) is 0.801. The molecule has 17 heavy (non-hydrogen) atoms. The molecule has 0 amide bonds. The molecule has 0 aliphatic rings. The molecule has 0 heterocycles. The number of rotatable bonds is 6. The summed E-state index contributed by atoms with van der Waals surface area (Å²) >= 11 is 0. The highest BCUT2D eigenvalue weighted by molar-refractivity contribution is 5.40. The summed E-state index contributed by atoms with van der Waals surface area (Å²) in [6, 6.07) is 4.73. The summed E-state index contributed by atoms with van der Waals surface area (Å²) in [7, 11) is 3.12. The van der Waals surface area contributed by atoms with Crippen molar-refractivity contribution < 1.29 is 14.4 Å². The third-order valence-electron chi connectivity index (χ3n) is 2.71. The minimum atomic E-state index is -0.587. The van der Waals surface area contributed by atoms with Gasteiger partial charge in [-0.15, -0.1) is 0 Å². The third-order valence-corrected chi connectivity index (χ3v) is 2.71. The second-order valence-corrected chi connectivity index (χ2v) is 3.73. The molecular formula is C12H17NO4. The van der Waals surface area contributed by atoms with Crippen molar-refractivity contribution in [2.75, 3.05) is 14.2 Å². The number of hydrogen-bond donors (Lipinski definition) is 0. The molecule has 5 nitrogen and oxygen atoms in total. The summed E-state index contributed by atoms with van der Waals surface area (Å²) < 4.78 is 10.3. The van der Waals surface area contributed by atoms with Crippen LogP contribution in [0.3, 0.4) is 0 Å². The molecule has 1 aromatic carbocycles. The van der Waals surface area contributed by atoms with Crippen LogP contribution in [0.2, 0.25) is 0 Å². The van der Waals surface area contributed by atoms with Gasteiger partial charge in [-0.2, -0.15) is 0 Å². The van der Waals surface area contributed by atoms with Crippen LogP contribution in [0, 0.1) is 10.1 Å². The Morgan fingerprint density at radius 2 is 2.06 bits per heavy atom. The predicted octanol–water partition coefficient (Wildman–Crippen LogP) is 2.30. The van der Waals surface area contributed by atoms with E-state index >= 15 is 0 Å². The van der Waals surface area contributed by atoms with Gasteiger partial charge < -0.3 is 9.47 Å². The van der Waals surface area contributed by atoms with Crippen molar-refractivity contribution in [3.63, 3.8) is 0 Å². The Hall–Kier alpha value is -1.78. The maximum atomic E-state index is 10.8. The SMILES string of the molecule is CCC(Cc1cc(OC)ccc1OC)[N+](=O)[O-]. The lowest BCUT2D eigenvalue weighted by Crippen LogP contribution is -2.21. The maximum Gasteiger partial charge on any atom is 0.217 e. The molecule has 0 aliphatic carbocycles. The molecule has 0 spiro atoms. The van der Waals surface area contributed by atoms with Crippen molar-refractivity contribution in [3.05, 3.63) is 33.9 Å². The van der Waals surface area contributed by atoms with Crippen LogP contribution < -0.4 is 9.47 Å². The first kappa shape index (κ1) is 13.3. The number of nitrogens with zero attached hydrogens (tertiary/aromatic N) is 1. The number of ether oxygens (including phenoxy) is 2. The second-order valence-electron chi connectivity index (χ2n) is 3.73. The molecular weight excluding hydrogens is 222 g/mol. The Labute approximate surface area is 101 Å². The number of nitro groups is 1. The van der Waals surface area contributed by atoms with Gasteiger partial charge in [-0.3, -0.25) is 10.1 Å². The molecule has 0 fully saturated rings. The van der Waals surface area contributed by atoms with Crippen LogP contribution in [0.15, 0.2) is 18.2 Å². The van der Waals surface area contributed by atoms with Crippen molar-refractivity contribution in [2.45, 2.75) is 25.8 Å². The third kappa shape index (κ3) is 3.34. The zero-order valence-electron chi connectivity index (χ0n) is 10.3. The van der Waals surface area contributed by atoms with Crippen LogP contribution in [0.1, 0.15) is 18.9 Å². The lowest BCUT2D eigenvalue weighted by molar-refractivity contribution is -0.522. The average Bonchev–Trinajstić information content (AvgIpc) is 2.35. The fourth-order valence-corrected chi connectivity index (χ4v) is 1.66. The maximum absolute atomic E-state index is 10.8. The van der Waals surface area contributed by atoms with E-state index in [-0.39, 0.29) is 4.92 Å². The molecule has 1 rings (SSSR count). The molecule has 1 aromatic rings. The highest BCUT2D eigenvalue weighted by atomic mass is 16.6. The van der Waals surface area contributed by atoms with Gasteiger partial charge in [0.1, 0.15) is 11.5 Å². The highest BCUT2D eigenvalue weighted by Gasteiger charge is 2.20. The van der Waals surface area contributed by atoms with Crippen LogP contribution in [-0.4, -0.2) is 25.2 Å². The van der Waals surface area contributed by atoms with Gasteiger partial charge in [0.05, 0.1) is 14.2 Å². The summed E-state index contributed by atoms with van der Waals surface area (Å²) in [6.45, 7) is 1.81. The van der Waals surface area contributed by atoms with E-state index in [0.717, 1.165) is 5.56 Å². The van der Waals surface area contributed by atoms with E-state index in [0.29, 0.717) is 24.3 Å². The van der Waals surface area contributed by atoms with E-state index in [4.69, 9.17) is 9.47 Å². The largest absolute Gasteiger partial charge is 0.497 e. The number of hydrogen-bond acceptors (Lipinski definition) is 4. The molecule has 0 radical (unpaired) electrons. The van der Waals surface area contributed by atoms with E-state index in [1.807, 2.05) is 0 Å². The Kier molecular flexibility index (Phi) is 4.75. The Balaban J connectivity index is 2.97. The average molecular weight is 239 g/mol. The molecule has 1 unspecified atom stereocenters. The molecule has 0 aromatic heterocycles. The molecule has 94 valence electrons. The van der Waals surface area contributed by atoms with Crippen LogP contribution in [0.4, 0.5) is 0 Å². The predicted molar refractivity (Wildman–Crippen MR) is 64.3 cm³/mol. The first-order valence-electron chi connectivity index (χ1n) is 5.46. The number of methoxy groups -OCH3 is 2. The topological polar surface area (TPSA) is 61.6 Å². The first-order chi connectivity index (χ1) is 8.12. The van der Waals surface area contributed by atoms with Gasteiger partial charge in [0.15, 0.2) is 0 Å². The van der Waals surface area contributed by atoms with Crippen LogP contribution in [0.5, 0.6) is 11.5 Å². The Bertz CT molecular complexity index is 392. The van der Waals surface area contributed by atoms with E-state index in [2.05, 4.69) is 0 Å². The zero-order valence-corrected chi connectivity index (χ0v) is 10.3. The van der Waals surface area contributed by atoms with E-state index in [1.54, 1.807) is 39.3 Å². The van der Waals surface area contributed by atoms with Crippen LogP contribution in [0.25, 0.3) is 0 Å². The minimum Gasteiger partial charge on any atom is -0.497 e. The van der Waals surface area contributed by atoms with Gasteiger partial charge in [-0.1, -0.05) is 6.92 Å². The summed E-state index contributed by atoms with van der Waals surface area (Å²) in [5.74, 6) is 1.34. The lowest BCUT2D eigenvalue weighted by Gasteiger charge is -2.12. The summed E-state index contributed by atoms with van der Waals surface area (Å²) in [4.78, 5) is 10.6. The van der Waals surface area contributed by atoms with E-state index in [9.17, 15) is 10.1 Å². The molecule has 1 atom stereocenters. The van der Waals surface area contributed by atoms with Gasteiger partial charge in [0.2, 0.25) is 6.04 Å². The van der Waals surface area contributed by atoms with E-state index in [1.165, 1.54) is 0 Å². The van der Waals surface area contributed by atoms with Gasteiger partial charge in [-0.25, -0.2) is 0 Å². The van der Waals surface area contributed by atoms with Gasteiger partial charge in [-0.05, 0) is 18.2 Å². The Morgan fingerprint density at radius 1 is 1.35 bits per heavy atom. The zero-order chi connectivity index (χ0) is 12.8. The molecule has 0 N–H and O–H groups in total. The second kappa shape index (κ2) is 6.08. The number of benzene rings is 1. The standard InChI is InChI=1S/C12H17NO4/c1-4-10(13(14)15)7-9-8-11(16-2)5-6-12(9)17-3/h5-6,8,10H,4,7H2,1-3H3. The molecule has 0 aliphatic heterocycles. The lowest BCUT2D eigenvalue weighted by atomic mass is 10.0. The molecule has 0 saturated carbocycles. The van der Waals surface area contributed by atoms with Crippen molar-refractivity contribution >= 4 is 0 Å².